The lowest BCUT2D eigenvalue weighted by atomic mass is 10.1. The average molecular weight is 300 g/mol. The molecular weight excluding hydrogens is 288 g/mol. The topological polar surface area (TPSA) is 109 Å². The highest BCUT2D eigenvalue weighted by Gasteiger charge is 2.13. The number of hydrogen-bond acceptors (Lipinski definition) is 4. The Morgan fingerprint density at radius 3 is 1.05 bits per heavy atom. The number of Topliss-reactive ketones (excluding diaryl/α,β-unsaturated/α-hetero) is 2. The van der Waals surface area contributed by atoms with Gasteiger partial charge in [0.05, 0.1) is 0 Å². The van der Waals surface area contributed by atoms with Crippen molar-refractivity contribution in [1.82, 2.24) is 0 Å². The molecule has 0 saturated carbocycles. The third kappa shape index (κ3) is 5.01. The van der Waals surface area contributed by atoms with Crippen LogP contribution in [0.3, 0.4) is 0 Å². The predicted octanol–water partition coefficient (Wildman–Crippen LogP) is 1.91. The van der Waals surface area contributed by atoms with Crippen LogP contribution in [0.5, 0.6) is 0 Å². The van der Waals surface area contributed by atoms with Crippen molar-refractivity contribution < 1.29 is 29.4 Å². The molecule has 22 heavy (non-hydrogen) atoms. The van der Waals surface area contributed by atoms with Crippen LogP contribution in [-0.4, -0.2) is 33.7 Å². The number of carbonyl (C=O) groups is 4. The molecule has 112 valence electrons. The molecule has 0 heterocycles. The van der Waals surface area contributed by atoms with Gasteiger partial charge in [0.25, 0.3) is 11.6 Å². The molecule has 2 rings (SSSR count). The number of ketones is 2. The molecule has 0 unspecified atom stereocenters. The summed E-state index contributed by atoms with van der Waals surface area (Å²) in [6, 6.07) is 15.8. The highest BCUT2D eigenvalue weighted by atomic mass is 16.4. The maximum Gasteiger partial charge on any atom is 0.377 e. The summed E-state index contributed by atoms with van der Waals surface area (Å²) < 4.78 is 0. The Morgan fingerprint density at radius 2 is 0.818 bits per heavy atom. The molecule has 6 nitrogen and oxygen atoms in total. The third-order valence-electron chi connectivity index (χ3n) is 2.46. The molecule has 0 aliphatic rings. The predicted molar refractivity (Wildman–Crippen MR) is 76.8 cm³/mol. The largest absolute Gasteiger partial charge is 0.475 e. The average Bonchev–Trinajstić information content (AvgIpc) is 2.55. The van der Waals surface area contributed by atoms with Crippen LogP contribution >= 0.6 is 0 Å². The lowest BCUT2D eigenvalue weighted by Crippen LogP contribution is -2.12. The van der Waals surface area contributed by atoms with E-state index in [0.29, 0.717) is 0 Å². The first-order valence-electron chi connectivity index (χ1n) is 6.09. The Bertz CT molecular complexity index is 615. The van der Waals surface area contributed by atoms with Crippen LogP contribution in [0, 0.1) is 0 Å². The summed E-state index contributed by atoms with van der Waals surface area (Å²) in [7, 11) is 0. The van der Waals surface area contributed by atoms with Crippen molar-refractivity contribution in [1.29, 1.82) is 0 Å². The van der Waals surface area contributed by atoms with E-state index >= 15 is 0 Å². The highest BCUT2D eigenvalue weighted by molar-refractivity contribution is 6.40. The van der Waals surface area contributed by atoms with Crippen molar-refractivity contribution in [2.24, 2.45) is 0 Å². The van der Waals surface area contributed by atoms with E-state index in [2.05, 4.69) is 0 Å². The minimum absolute atomic E-state index is 0.208. The summed E-state index contributed by atoms with van der Waals surface area (Å²) in [5.41, 5.74) is 0.417. The molecule has 0 spiro atoms. The molecular formula is C16H12O6. The molecule has 2 aromatic rings. The molecule has 0 saturated heterocycles. The fraction of sp³-hybridized carbons (Fsp3) is 0. The molecule has 2 N–H and O–H groups in total. The Kier molecular flexibility index (Phi) is 6.18. The minimum Gasteiger partial charge on any atom is -0.475 e. The quantitative estimate of drug-likeness (QED) is 0.659. The summed E-state index contributed by atoms with van der Waals surface area (Å²) in [6.45, 7) is 0. The zero-order valence-corrected chi connectivity index (χ0v) is 11.3. The smallest absolute Gasteiger partial charge is 0.377 e. The van der Waals surface area contributed by atoms with Crippen molar-refractivity contribution in [2.45, 2.75) is 0 Å². The van der Waals surface area contributed by atoms with Crippen LogP contribution in [-0.2, 0) is 9.59 Å². The van der Waals surface area contributed by atoms with E-state index in [-0.39, 0.29) is 11.1 Å². The van der Waals surface area contributed by atoms with Crippen LogP contribution in [0.4, 0.5) is 0 Å². The van der Waals surface area contributed by atoms with E-state index in [9.17, 15) is 19.2 Å². The van der Waals surface area contributed by atoms with Gasteiger partial charge in [-0.2, -0.15) is 0 Å². The lowest BCUT2D eigenvalue weighted by molar-refractivity contribution is -0.132. The number of carboxylic acid groups (broad SMARTS) is 2. The highest BCUT2D eigenvalue weighted by Crippen LogP contribution is 1.99. The number of hydrogen-bond donors (Lipinski definition) is 2. The first-order chi connectivity index (χ1) is 10.4. The third-order valence-corrected chi connectivity index (χ3v) is 2.46. The molecule has 0 bridgehead atoms. The zero-order chi connectivity index (χ0) is 16.5. The first-order valence-corrected chi connectivity index (χ1v) is 6.09. The van der Waals surface area contributed by atoms with Crippen molar-refractivity contribution in [3.63, 3.8) is 0 Å². The zero-order valence-electron chi connectivity index (χ0n) is 11.3. The SMILES string of the molecule is O=C(O)C(=O)c1ccccc1.O=C(O)C(=O)c1ccccc1. The number of carboxylic acids is 2. The Balaban J connectivity index is 0.000000220. The van der Waals surface area contributed by atoms with Gasteiger partial charge in [-0.25, -0.2) is 9.59 Å². The summed E-state index contributed by atoms with van der Waals surface area (Å²) >= 11 is 0. The van der Waals surface area contributed by atoms with E-state index in [1.165, 1.54) is 24.3 Å². The molecule has 0 amide bonds. The second kappa shape index (κ2) is 8.11. The van der Waals surface area contributed by atoms with Gasteiger partial charge in [0.15, 0.2) is 0 Å². The van der Waals surface area contributed by atoms with E-state index < -0.39 is 23.5 Å². The fourth-order valence-electron chi connectivity index (χ4n) is 1.43. The molecule has 0 atom stereocenters. The Morgan fingerprint density at radius 1 is 0.545 bits per heavy atom. The molecule has 0 aliphatic carbocycles. The van der Waals surface area contributed by atoms with E-state index in [1.807, 2.05) is 0 Å². The van der Waals surface area contributed by atoms with Gasteiger partial charge in [-0.05, 0) is 0 Å². The van der Waals surface area contributed by atoms with Gasteiger partial charge in [-0.1, -0.05) is 60.7 Å². The maximum atomic E-state index is 10.7. The van der Waals surface area contributed by atoms with Crippen LogP contribution in [0.15, 0.2) is 60.7 Å². The number of benzene rings is 2. The Hall–Kier alpha value is -3.28. The molecule has 6 heteroatoms. The summed E-state index contributed by atoms with van der Waals surface area (Å²) in [5.74, 6) is -4.58. The van der Waals surface area contributed by atoms with Gasteiger partial charge < -0.3 is 10.2 Å². The molecule has 0 aliphatic heterocycles. The van der Waals surface area contributed by atoms with Crippen LogP contribution in [0.25, 0.3) is 0 Å². The van der Waals surface area contributed by atoms with Crippen LogP contribution in [0.1, 0.15) is 20.7 Å². The minimum atomic E-state index is -1.42. The van der Waals surface area contributed by atoms with Gasteiger partial charge in [0.1, 0.15) is 0 Å². The summed E-state index contributed by atoms with van der Waals surface area (Å²) in [4.78, 5) is 41.8. The van der Waals surface area contributed by atoms with Gasteiger partial charge >= 0.3 is 11.9 Å². The fourth-order valence-corrected chi connectivity index (χ4v) is 1.43. The number of aliphatic carboxylic acids is 2. The van der Waals surface area contributed by atoms with Crippen LogP contribution in [0.2, 0.25) is 0 Å². The van der Waals surface area contributed by atoms with Gasteiger partial charge in [-0.3, -0.25) is 9.59 Å². The molecule has 2 aromatic carbocycles. The number of carbonyl (C=O) groups excluding carboxylic acids is 2. The van der Waals surface area contributed by atoms with E-state index in [4.69, 9.17) is 10.2 Å². The molecule has 0 radical (unpaired) electrons. The second-order valence-electron chi connectivity index (χ2n) is 4.00. The van der Waals surface area contributed by atoms with Gasteiger partial charge in [0, 0.05) is 11.1 Å². The van der Waals surface area contributed by atoms with Crippen LogP contribution < -0.4 is 0 Å². The van der Waals surface area contributed by atoms with Crippen molar-refractivity contribution in [2.75, 3.05) is 0 Å². The normalized spacial score (nSPS) is 9.09. The van der Waals surface area contributed by atoms with Gasteiger partial charge in [-0.15, -0.1) is 0 Å². The monoisotopic (exact) mass is 300 g/mol. The van der Waals surface area contributed by atoms with Crippen molar-refractivity contribution in [3.05, 3.63) is 71.8 Å². The molecule has 0 fully saturated rings. The standard InChI is InChI=1S/2C8H6O3/c2*9-7(8(10)11)6-4-2-1-3-5-6/h2*1-5H,(H,10,11). The van der Waals surface area contributed by atoms with Gasteiger partial charge in [0.2, 0.25) is 0 Å². The Labute approximate surface area is 125 Å². The van der Waals surface area contributed by atoms with Crippen molar-refractivity contribution >= 4 is 23.5 Å². The van der Waals surface area contributed by atoms with E-state index in [1.54, 1.807) is 36.4 Å². The first kappa shape index (κ1) is 16.8. The van der Waals surface area contributed by atoms with Crippen molar-refractivity contribution in [3.8, 4) is 0 Å². The molecule has 0 aromatic heterocycles. The summed E-state index contributed by atoms with van der Waals surface area (Å²) in [5, 5.41) is 16.6. The second-order valence-corrected chi connectivity index (χ2v) is 4.00. The lowest BCUT2D eigenvalue weighted by Gasteiger charge is -1.91. The summed E-state index contributed by atoms with van der Waals surface area (Å²) in [6.07, 6.45) is 0. The number of rotatable bonds is 4. The maximum absolute atomic E-state index is 10.7. The van der Waals surface area contributed by atoms with E-state index in [0.717, 1.165) is 0 Å².